The van der Waals surface area contributed by atoms with E-state index in [-0.39, 0.29) is 12.6 Å². The molecule has 6 nitrogen and oxygen atoms in total. The first-order valence-electron chi connectivity index (χ1n) is 4.38. The SMILES string of the molecule is O=C(CO)NC1CCC(C(=O)O)OC1. The summed E-state index contributed by atoms with van der Waals surface area (Å²) in [5, 5.41) is 19.6. The molecule has 0 aromatic rings. The molecule has 1 saturated heterocycles. The fourth-order valence-electron chi connectivity index (χ4n) is 1.33. The maximum absolute atomic E-state index is 10.8. The molecule has 0 aromatic carbocycles. The van der Waals surface area contributed by atoms with Gasteiger partial charge in [-0.1, -0.05) is 0 Å². The summed E-state index contributed by atoms with van der Waals surface area (Å²) < 4.78 is 5.00. The molecule has 2 unspecified atom stereocenters. The highest BCUT2D eigenvalue weighted by molar-refractivity contribution is 5.77. The molecular weight excluding hydrogens is 190 g/mol. The Bertz CT molecular complexity index is 222. The average molecular weight is 203 g/mol. The maximum Gasteiger partial charge on any atom is 0.332 e. The average Bonchev–Trinajstić information content (AvgIpc) is 2.18. The fourth-order valence-corrected chi connectivity index (χ4v) is 1.33. The lowest BCUT2D eigenvalue weighted by Crippen LogP contribution is -2.45. The number of hydrogen-bond donors (Lipinski definition) is 3. The van der Waals surface area contributed by atoms with Crippen molar-refractivity contribution >= 4 is 11.9 Å². The van der Waals surface area contributed by atoms with Gasteiger partial charge in [0.05, 0.1) is 12.6 Å². The van der Waals surface area contributed by atoms with Gasteiger partial charge in [0.15, 0.2) is 6.10 Å². The number of rotatable bonds is 3. The van der Waals surface area contributed by atoms with Crippen LogP contribution in [0.25, 0.3) is 0 Å². The van der Waals surface area contributed by atoms with Crippen LogP contribution in [0.3, 0.4) is 0 Å². The molecule has 1 aliphatic rings. The van der Waals surface area contributed by atoms with Crippen LogP contribution in [0, 0.1) is 0 Å². The number of aliphatic carboxylic acids is 1. The summed E-state index contributed by atoms with van der Waals surface area (Å²) in [6.07, 6.45) is 0.172. The first-order chi connectivity index (χ1) is 6.63. The van der Waals surface area contributed by atoms with Gasteiger partial charge in [-0.15, -0.1) is 0 Å². The predicted octanol–water partition coefficient (Wildman–Crippen LogP) is -1.27. The second kappa shape index (κ2) is 4.92. The van der Waals surface area contributed by atoms with Crippen molar-refractivity contribution < 1.29 is 24.5 Å². The molecular formula is C8H13NO5. The van der Waals surface area contributed by atoms with E-state index in [2.05, 4.69) is 5.32 Å². The molecule has 0 aromatic heterocycles. The van der Waals surface area contributed by atoms with Crippen LogP contribution in [-0.2, 0) is 14.3 Å². The monoisotopic (exact) mass is 203 g/mol. The van der Waals surface area contributed by atoms with Crippen LogP contribution in [0.4, 0.5) is 0 Å². The number of amides is 1. The maximum atomic E-state index is 10.8. The first-order valence-corrected chi connectivity index (χ1v) is 4.38. The number of carboxylic acids is 1. The van der Waals surface area contributed by atoms with Crippen LogP contribution in [0.1, 0.15) is 12.8 Å². The van der Waals surface area contributed by atoms with Crippen LogP contribution in [0.2, 0.25) is 0 Å². The smallest absolute Gasteiger partial charge is 0.332 e. The zero-order valence-corrected chi connectivity index (χ0v) is 7.60. The number of hydrogen-bond acceptors (Lipinski definition) is 4. The third kappa shape index (κ3) is 2.97. The van der Waals surface area contributed by atoms with Crippen LogP contribution >= 0.6 is 0 Å². The van der Waals surface area contributed by atoms with Crippen LogP contribution in [0.5, 0.6) is 0 Å². The number of nitrogens with one attached hydrogen (secondary N) is 1. The van der Waals surface area contributed by atoms with Crippen molar-refractivity contribution in [1.29, 1.82) is 0 Å². The van der Waals surface area contributed by atoms with Crippen molar-refractivity contribution in [2.45, 2.75) is 25.0 Å². The largest absolute Gasteiger partial charge is 0.479 e. The molecule has 3 N–H and O–H groups in total. The normalized spacial score (nSPS) is 26.9. The number of aliphatic hydroxyl groups excluding tert-OH is 1. The van der Waals surface area contributed by atoms with Gasteiger partial charge >= 0.3 is 5.97 Å². The summed E-state index contributed by atoms with van der Waals surface area (Å²) in [6.45, 7) is -0.373. The van der Waals surface area contributed by atoms with Gasteiger partial charge in [-0.25, -0.2) is 4.79 Å². The predicted molar refractivity (Wildman–Crippen MR) is 45.6 cm³/mol. The highest BCUT2D eigenvalue weighted by atomic mass is 16.5. The summed E-state index contributed by atoms with van der Waals surface area (Å²) in [7, 11) is 0. The third-order valence-electron chi connectivity index (χ3n) is 2.06. The highest BCUT2D eigenvalue weighted by Gasteiger charge is 2.27. The van der Waals surface area contributed by atoms with E-state index in [4.69, 9.17) is 14.9 Å². The number of ether oxygens (including phenoxy) is 1. The van der Waals surface area contributed by atoms with Crippen molar-refractivity contribution in [3.63, 3.8) is 0 Å². The number of aliphatic hydroxyl groups is 1. The van der Waals surface area contributed by atoms with Crippen molar-refractivity contribution in [3.05, 3.63) is 0 Å². The van der Waals surface area contributed by atoms with Crippen LogP contribution in [-0.4, -0.2) is 47.4 Å². The van der Waals surface area contributed by atoms with Gasteiger partial charge in [0.1, 0.15) is 6.61 Å². The topological polar surface area (TPSA) is 95.9 Å². The van der Waals surface area contributed by atoms with Crippen LogP contribution in [0.15, 0.2) is 0 Å². The van der Waals surface area contributed by atoms with E-state index in [1.165, 1.54) is 0 Å². The van der Waals surface area contributed by atoms with E-state index >= 15 is 0 Å². The van der Waals surface area contributed by atoms with Crippen molar-refractivity contribution in [2.24, 2.45) is 0 Å². The molecule has 0 bridgehead atoms. The molecule has 1 rings (SSSR count). The number of carbonyl (C=O) groups excluding carboxylic acids is 1. The molecule has 0 spiro atoms. The lowest BCUT2D eigenvalue weighted by atomic mass is 10.1. The van der Waals surface area contributed by atoms with Crippen molar-refractivity contribution in [3.8, 4) is 0 Å². The van der Waals surface area contributed by atoms with Crippen molar-refractivity contribution in [1.82, 2.24) is 5.32 Å². The van der Waals surface area contributed by atoms with Gasteiger partial charge in [-0.3, -0.25) is 4.79 Å². The molecule has 14 heavy (non-hydrogen) atoms. The highest BCUT2D eigenvalue weighted by Crippen LogP contribution is 2.13. The minimum Gasteiger partial charge on any atom is -0.479 e. The van der Waals surface area contributed by atoms with Gasteiger partial charge in [0.2, 0.25) is 5.91 Å². The van der Waals surface area contributed by atoms with Crippen LogP contribution < -0.4 is 5.32 Å². The Kier molecular flexibility index (Phi) is 3.84. The molecule has 1 aliphatic heterocycles. The molecule has 0 aliphatic carbocycles. The number of carboxylic acid groups (broad SMARTS) is 1. The van der Waals surface area contributed by atoms with E-state index in [9.17, 15) is 9.59 Å². The Morgan fingerprint density at radius 1 is 1.43 bits per heavy atom. The summed E-state index contributed by atoms with van der Waals surface area (Å²) in [5.74, 6) is -1.44. The van der Waals surface area contributed by atoms with Crippen molar-refractivity contribution in [2.75, 3.05) is 13.2 Å². The molecule has 2 atom stereocenters. The lowest BCUT2D eigenvalue weighted by molar-refractivity contribution is -0.154. The lowest BCUT2D eigenvalue weighted by Gasteiger charge is -2.26. The molecule has 1 heterocycles. The minimum absolute atomic E-state index is 0.183. The quantitative estimate of drug-likeness (QED) is 0.531. The van der Waals surface area contributed by atoms with Gasteiger partial charge in [0.25, 0.3) is 0 Å². The second-order valence-corrected chi connectivity index (χ2v) is 3.16. The molecule has 6 heteroatoms. The van der Waals surface area contributed by atoms with Gasteiger partial charge in [-0.2, -0.15) is 0 Å². The summed E-state index contributed by atoms with van der Waals surface area (Å²) in [6, 6.07) is -0.190. The Balaban J connectivity index is 2.29. The Labute approximate surface area is 80.9 Å². The summed E-state index contributed by atoms with van der Waals surface area (Å²) in [5.41, 5.74) is 0. The van der Waals surface area contributed by atoms with E-state index in [1.54, 1.807) is 0 Å². The fraction of sp³-hybridized carbons (Fsp3) is 0.750. The third-order valence-corrected chi connectivity index (χ3v) is 2.06. The molecule has 1 amide bonds. The molecule has 0 radical (unpaired) electrons. The van der Waals surface area contributed by atoms with Gasteiger partial charge < -0.3 is 20.3 Å². The van der Waals surface area contributed by atoms with E-state index < -0.39 is 24.6 Å². The summed E-state index contributed by atoms with van der Waals surface area (Å²) >= 11 is 0. The minimum atomic E-state index is -0.975. The Hall–Kier alpha value is -1.14. The Morgan fingerprint density at radius 2 is 2.14 bits per heavy atom. The molecule has 80 valence electrons. The van der Waals surface area contributed by atoms with Gasteiger partial charge in [-0.05, 0) is 12.8 Å². The standard InChI is InChI=1S/C8H13NO5/c10-3-7(11)9-5-1-2-6(8(12)13)14-4-5/h5-6,10H,1-4H2,(H,9,11)(H,12,13). The van der Waals surface area contributed by atoms with E-state index in [0.717, 1.165) is 0 Å². The van der Waals surface area contributed by atoms with E-state index in [0.29, 0.717) is 12.8 Å². The van der Waals surface area contributed by atoms with Gasteiger partial charge in [0, 0.05) is 0 Å². The first kappa shape index (κ1) is 10.9. The second-order valence-electron chi connectivity index (χ2n) is 3.16. The summed E-state index contributed by atoms with van der Waals surface area (Å²) in [4.78, 5) is 21.2. The molecule has 0 saturated carbocycles. The number of carbonyl (C=O) groups is 2. The molecule has 1 fully saturated rings. The zero-order valence-electron chi connectivity index (χ0n) is 7.60. The van der Waals surface area contributed by atoms with E-state index in [1.807, 2.05) is 0 Å². The zero-order chi connectivity index (χ0) is 10.6. The Morgan fingerprint density at radius 3 is 2.57 bits per heavy atom.